The van der Waals surface area contributed by atoms with Crippen LogP contribution in [0.1, 0.15) is 19.4 Å². The average Bonchev–Trinajstić information content (AvgIpc) is 2.45. The highest BCUT2D eigenvalue weighted by Gasteiger charge is 2.14. The molecular weight excluding hydrogens is 274 g/mol. The molecule has 6 heteroatoms. The number of hydrogen-bond donors (Lipinski definition) is 0. The molecule has 21 heavy (non-hydrogen) atoms. The van der Waals surface area contributed by atoms with E-state index in [0.717, 1.165) is 0 Å². The zero-order valence-electron chi connectivity index (χ0n) is 12.0. The van der Waals surface area contributed by atoms with Crippen LogP contribution in [0.25, 0.3) is 10.9 Å². The predicted molar refractivity (Wildman–Crippen MR) is 75.1 cm³/mol. The van der Waals surface area contributed by atoms with Gasteiger partial charge in [-0.2, -0.15) is 0 Å². The smallest absolute Gasteiger partial charge is 0.308 e. The summed E-state index contributed by atoms with van der Waals surface area (Å²) in [6.45, 7) is 2.60. The van der Waals surface area contributed by atoms with Crippen molar-refractivity contribution in [1.82, 2.24) is 4.98 Å². The Bertz CT molecular complexity index is 696. The number of benzene rings is 1. The van der Waals surface area contributed by atoms with Gasteiger partial charge in [-0.15, -0.1) is 0 Å². The molecular formula is C15H15NO5. The minimum atomic E-state index is -0.464. The maximum absolute atomic E-state index is 11.3. The monoisotopic (exact) mass is 289 g/mol. The summed E-state index contributed by atoms with van der Waals surface area (Å²) < 4.78 is 15.4. The average molecular weight is 289 g/mol. The van der Waals surface area contributed by atoms with Gasteiger partial charge < -0.3 is 14.2 Å². The lowest BCUT2D eigenvalue weighted by atomic mass is 10.1. The molecule has 0 radical (unpaired) electrons. The van der Waals surface area contributed by atoms with Crippen molar-refractivity contribution in [2.45, 2.75) is 20.5 Å². The molecule has 2 aromatic rings. The van der Waals surface area contributed by atoms with Gasteiger partial charge in [-0.05, 0) is 18.2 Å². The summed E-state index contributed by atoms with van der Waals surface area (Å²) in [7, 11) is 1.54. The molecule has 0 fully saturated rings. The second-order valence-corrected chi connectivity index (χ2v) is 4.37. The fourth-order valence-electron chi connectivity index (χ4n) is 1.86. The molecule has 0 aliphatic heterocycles. The van der Waals surface area contributed by atoms with Crippen molar-refractivity contribution in [3.8, 4) is 11.5 Å². The summed E-state index contributed by atoms with van der Waals surface area (Å²) in [5.74, 6) is 0.0545. The van der Waals surface area contributed by atoms with E-state index in [2.05, 4.69) is 4.98 Å². The number of carbonyl (C=O) groups excluding carboxylic acids is 2. The van der Waals surface area contributed by atoms with Gasteiger partial charge >= 0.3 is 11.9 Å². The summed E-state index contributed by atoms with van der Waals surface area (Å²) in [5.41, 5.74) is 1.17. The molecule has 110 valence electrons. The van der Waals surface area contributed by atoms with Gasteiger partial charge in [0.1, 0.15) is 18.1 Å². The number of carbonyl (C=O) groups is 2. The van der Waals surface area contributed by atoms with E-state index in [4.69, 9.17) is 14.2 Å². The fraction of sp³-hybridized carbons (Fsp3) is 0.267. The minimum Gasteiger partial charge on any atom is -0.497 e. The molecule has 0 unspecified atom stereocenters. The molecule has 0 aliphatic rings. The van der Waals surface area contributed by atoms with E-state index in [1.807, 2.05) is 0 Å². The van der Waals surface area contributed by atoms with Gasteiger partial charge in [-0.25, -0.2) is 0 Å². The number of ether oxygens (including phenoxy) is 3. The van der Waals surface area contributed by atoms with E-state index >= 15 is 0 Å². The summed E-state index contributed by atoms with van der Waals surface area (Å²) in [4.78, 5) is 26.5. The second-order valence-electron chi connectivity index (χ2n) is 4.37. The second kappa shape index (κ2) is 6.21. The van der Waals surface area contributed by atoms with Gasteiger partial charge in [-0.3, -0.25) is 14.6 Å². The van der Waals surface area contributed by atoms with Crippen LogP contribution in [0, 0.1) is 0 Å². The number of aromatic nitrogens is 1. The highest BCUT2D eigenvalue weighted by molar-refractivity contribution is 5.89. The molecule has 0 saturated carbocycles. The van der Waals surface area contributed by atoms with Gasteiger partial charge in [0.15, 0.2) is 0 Å². The number of hydrogen-bond acceptors (Lipinski definition) is 6. The van der Waals surface area contributed by atoms with E-state index in [1.54, 1.807) is 25.3 Å². The summed E-state index contributed by atoms with van der Waals surface area (Å²) in [6, 6.07) is 5.24. The Morgan fingerprint density at radius 2 is 1.95 bits per heavy atom. The highest BCUT2D eigenvalue weighted by Crippen LogP contribution is 2.31. The standard InChI is InChI=1S/C15H15NO5/c1-9(17)20-8-11-7-16-14-5-4-12(19-3)6-13(14)15(11)21-10(2)18/h4-7H,8H2,1-3H3. The number of rotatable bonds is 4. The Balaban J connectivity index is 2.56. The molecule has 1 heterocycles. The topological polar surface area (TPSA) is 74.7 Å². The molecule has 1 aromatic carbocycles. The molecule has 0 bridgehead atoms. The van der Waals surface area contributed by atoms with Gasteiger partial charge in [0.2, 0.25) is 0 Å². The van der Waals surface area contributed by atoms with Crippen LogP contribution in [-0.4, -0.2) is 24.0 Å². The Morgan fingerprint density at radius 1 is 1.19 bits per heavy atom. The van der Waals surface area contributed by atoms with Gasteiger partial charge in [0, 0.05) is 25.4 Å². The first-order valence-electron chi connectivity index (χ1n) is 6.28. The lowest BCUT2D eigenvalue weighted by Gasteiger charge is -2.12. The SMILES string of the molecule is COc1ccc2ncc(COC(C)=O)c(OC(C)=O)c2c1. The van der Waals surface area contributed by atoms with Crippen molar-refractivity contribution in [1.29, 1.82) is 0 Å². The van der Waals surface area contributed by atoms with Crippen LogP contribution in [0.5, 0.6) is 11.5 Å². The maximum atomic E-state index is 11.3. The van der Waals surface area contributed by atoms with Gasteiger partial charge in [-0.1, -0.05) is 0 Å². The van der Waals surface area contributed by atoms with Crippen LogP contribution in [-0.2, 0) is 20.9 Å². The number of methoxy groups -OCH3 is 1. The van der Waals surface area contributed by atoms with Gasteiger partial charge in [0.05, 0.1) is 18.2 Å². The predicted octanol–water partition coefficient (Wildman–Crippen LogP) is 2.23. The first kappa shape index (κ1) is 14.8. The summed E-state index contributed by atoms with van der Waals surface area (Å²) >= 11 is 0. The van der Waals surface area contributed by atoms with Crippen LogP contribution >= 0.6 is 0 Å². The van der Waals surface area contributed by atoms with Crippen LogP contribution in [0.15, 0.2) is 24.4 Å². The zero-order chi connectivity index (χ0) is 15.4. The zero-order valence-corrected chi connectivity index (χ0v) is 12.0. The Hall–Kier alpha value is -2.63. The maximum Gasteiger partial charge on any atom is 0.308 e. The third-order valence-electron chi connectivity index (χ3n) is 2.78. The number of fused-ring (bicyclic) bond motifs is 1. The molecule has 0 saturated heterocycles. The van der Waals surface area contributed by atoms with Crippen molar-refractivity contribution in [2.75, 3.05) is 7.11 Å². The van der Waals surface area contributed by atoms with E-state index in [-0.39, 0.29) is 6.61 Å². The highest BCUT2D eigenvalue weighted by atomic mass is 16.5. The molecule has 6 nitrogen and oxygen atoms in total. The largest absolute Gasteiger partial charge is 0.497 e. The van der Waals surface area contributed by atoms with Crippen LogP contribution in [0.4, 0.5) is 0 Å². The molecule has 0 spiro atoms. The van der Waals surface area contributed by atoms with E-state index in [1.165, 1.54) is 20.0 Å². The first-order valence-corrected chi connectivity index (χ1v) is 6.28. The first-order chi connectivity index (χ1) is 10.0. The Labute approximate surface area is 121 Å². The number of esters is 2. The van der Waals surface area contributed by atoms with Crippen LogP contribution in [0.3, 0.4) is 0 Å². The number of nitrogens with zero attached hydrogens (tertiary/aromatic N) is 1. The van der Waals surface area contributed by atoms with Crippen LogP contribution in [0.2, 0.25) is 0 Å². The summed E-state index contributed by atoms with van der Waals surface area (Å²) in [6.07, 6.45) is 1.52. The van der Waals surface area contributed by atoms with Crippen molar-refractivity contribution in [3.05, 3.63) is 30.0 Å². The third kappa shape index (κ3) is 3.47. The molecule has 0 aliphatic carbocycles. The van der Waals surface area contributed by atoms with Crippen molar-refractivity contribution < 1.29 is 23.8 Å². The molecule has 0 atom stereocenters. The van der Waals surface area contributed by atoms with E-state index in [0.29, 0.717) is 28.0 Å². The van der Waals surface area contributed by atoms with Crippen molar-refractivity contribution >= 4 is 22.8 Å². The normalized spacial score (nSPS) is 10.2. The molecule has 2 rings (SSSR count). The lowest BCUT2D eigenvalue weighted by Crippen LogP contribution is -2.07. The molecule has 0 amide bonds. The van der Waals surface area contributed by atoms with Crippen LogP contribution < -0.4 is 9.47 Å². The van der Waals surface area contributed by atoms with Crippen molar-refractivity contribution in [3.63, 3.8) is 0 Å². The third-order valence-corrected chi connectivity index (χ3v) is 2.78. The van der Waals surface area contributed by atoms with Crippen molar-refractivity contribution in [2.24, 2.45) is 0 Å². The Kier molecular flexibility index (Phi) is 4.37. The van der Waals surface area contributed by atoms with E-state index < -0.39 is 11.9 Å². The fourth-order valence-corrected chi connectivity index (χ4v) is 1.86. The quantitative estimate of drug-likeness (QED) is 0.803. The minimum absolute atomic E-state index is 0.0158. The molecule has 1 aromatic heterocycles. The molecule has 0 N–H and O–H groups in total. The van der Waals surface area contributed by atoms with Gasteiger partial charge in [0.25, 0.3) is 0 Å². The lowest BCUT2D eigenvalue weighted by molar-refractivity contribution is -0.142. The van der Waals surface area contributed by atoms with E-state index in [9.17, 15) is 9.59 Å². The summed E-state index contributed by atoms with van der Waals surface area (Å²) in [5, 5.41) is 0.620. The number of pyridine rings is 1. The Morgan fingerprint density at radius 3 is 2.57 bits per heavy atom.